The third kappa shape index (κ3) is 4.89. The van der Waals surface area contributed by atoms with Crippen molar-refractivity contribution in [2.75, 3.05) is 17.2 Å². The fraction of sp³-hybridized carbons (Fsp3) is 0.158. The largest absolute Gasteiger partial charge is 0.494 e. The van der Waals surface area contributed by atoms with Gasteiger partial charge < -0.3 is 15.4 Å². The zero-order valence-electron chi connectivity index (χ0n) is 13.7. The first-order chi connectivity index (χ1) is 11.6. The number of nitrogens with zero attached hydrogens (tertiary/aromatic N) is 1. The number of carbonyl (C=O) groups is 1. The number of nitriles is 1. The lowest BCUT2D eigenvalue weighted by Crippen LogP contribution is -2.14. The van der Waals surface area contributed by atoms with E-state index in [0.717, 1.165) is 17.0 Å². The molecule has 5 heteroatoms. The molecule has 0 bridgehead atoms. The molecule has 0 aliphatic heterocycles. The van der Waals surface area contributed by atoms with E-state index in [2.05, 4.69) is 10.6 Å². The Kier molecular flexibility index (Phi) is 5.98. The number of carbonyl (C=O) groups excluding carboxylic acids is 1. The number of amides is 1. The first-order valence-electron chi connectivity index (χ1n) is 7.60. The van der Waals surface area contributed by atoms with Gasteiger partial charge in [0.05, 0.1) is 6.61 Å². The van der Waals surface area contributed by atoms with Crippen molar-refractivity contribution in [3.8, 4) is 11.8 Å². The monoisotopic (exact) mass is 321 g/mol. The van der Waals surface area contributed by atoms with E-state index in [1.165, 1.54) is 6.20 Å². The Labute approximate surface area is 141 Å². The van der Waals surface area contributed by atoms with Crippen LogP contribution in [0.15, 0.2) is 60.3 Å². The fourth-order valence-electron chi connectivity index (χ4n) is 1.95. The predicted molar refractivity (Wildman–Crippen MR) is 94.7 cm³/mol. The van der Waals surface area contributed by atoms with Gasteiger partial charge in [0.15, 0.2) is 0 Å². The van der Waals surface area contributed by atoms with Crippen LogP contribution in [0.1, 0.15) is 12.5 Å². The molecule has 0 fully saturated rings. The Morgan fingerprint density at radius 3 is 2.33 bits per heavy atom. The van der Waals surface area contributed by atoms with Crippen LogP contribution in [0.25, 0.3) is 0 Å². The van der Waals surface area contributed by atoms with Gasteiger partial charge in [0.25, 0.3) is 5.91 Å². The molecule has 0 atom stereocenters. The van der Waals surface area contributed by atoms with E-state index in [1.807, 2.05) is 44.2 Å². The molecule has 2 N–H and O–H groups in total. The lowest BCUT2D eigenvalue weighted by molar-refractivity contribution is -0.112. The first kappa shape index (κ1) is 17.1. The Morgan fingerprint density at radius 1 is 1.12 bits per heavy atom. The van der Waals surface area contributed by atoms with Gasteiger partial charge >= 0.3 is 0 Å². The van der Waals surface area contributed by atoms with Crippen LogP contribution >= 0.6 is 0 Å². The molecular weight excluding hydrogens is 302 g/mol. The highest BCUT2D eigenvalue weighted by Crippen LogP contribution is 2.16. The highest BCUT2D eigenvalue weighted by atomic mass is 16.5. The van der Waals surface area contributed by atoms with Gasteiger partial charge in [-0.2, -0.15) is 5.26 Å². The molecule has 0 spiro atoms. The summed E-state index contributed by atoms with van der Waals surface area (Å²) in [6.45, 7) is 4.48. The molecular formula is C19H19N3O2. The minimum absolute atomic E-state index is 0.00976. The second-order valence-corrected chi connectivity index (χ2v) is 5.09. The summed E-state index contributed by atoms with van der Waals surface area (Å²) in [6, 6.07) is 16.5. The molecule has 0 radical (unpaired) electrons. The molecule has 0 aliphatic rings. The molecule has 2 aromatic carbocycles. The summed E-state index contributed by atoms with van der Waals surface area (Å²) in [6.07, 6.45) is 1.40. The molecule has 0 heterocycles. The number of benzene rings is 2. The predicted octanol–water partition coefficient (Wildman–Crippen LogP) is 3.85. The van der Waals surface area contributed by atoms with E-state index in [4.69, 9.17) is 4.74 Å². The topological polar surface area (TPSA) is 74.1 Å². The molecule has 2 aromatic rings. The molecule has 1 amide bonds. The molecule has 2 rings (SSSR count). The summed E-state index contributed by atoms with van der Waals surface area (Å²) in [4.78, 5) is 12.2. The SMILES string of the molecule is CCOc1ccc(NC(=O)/C(C#N)=C\Nc2ccc(C)cc2)cc1. The Hall–Kier alpha value is -3.26. The number of ether oxygens (including phenoxy) is 1. The number of hydrogen-bond donors (Lipinski definition) is 2. The maximum absolute atomic E-state index is 12.2. The van der Waals surface area contributed by atoms with Crippen molar-refractivity contribution in [1.29, 1.82) is 5.26 Å². The minimum Gasteiger partial charge on any atom is -0.494 e. The Bertz CT molecular complexity index is 757. The number of anilines is 2. The molecule has 0 saturated heterocycles. The second-order valence-electron chi connectivity index (χ2n) is 5.09. The van der Waals surface area contributed by atoms with Crippen LogP contribution in [-0.4, -0.2) is 12.5 Å². The van der Waals surface area contributed by atoms with E-state index in [9.17, 15) is 10.1 Å². The zero-order valence-corrected chi connectivity index (χ0v) is 13.7. The number of hydrogen-bond acceptors (Lipinski definition) is 4. The van der Waals surface area contributed by atoms with Crippen LogP contribution in [0.4, 0.5) is 11.4 Å². The van der Waals surface area contributed by atoms with Crippen LogP contribution in [0.3, 0.4) is 0 Å². The van der Waals surface area contributed by atoms with Crippen LogP contribution < -0.4 is 15.4 Å². The minimum atomic E-state index is -0.471. The van der Waals surface area contributed by atoms with Gasteiger partial charge in [-0.3, -0.25) is 4.79 Å². The van der Waals surface area contributed by atoms with Crippen molar-refractivity contribution >= 4 is 17.3 Å². The van der Waals surface area contributed by atoms with Crippen molar-refractivity contribution in [3.63, 3.8) is 0 Å². The Balaban J connectivity index is 2.01. The molecule has 0 unspecified atom stereocenters. The normalized spacial score (nSPS) is 10.6. The maximum atomic E-state index is 12.2. The summed E-state index contributed by atoms with van der Waals surface area (Å²) in [7, 11) is 0. The van der Waals surface area contributed by atoms with Gasteiger partial charge in [-0.25, -0.2) is 0 Å². The maximum Gasteiger partial charge on any atom is 0.267 e. The van der Waals surface area contributed by atoms with Crippen LogP contribution in [0.2, 0.25) is 0 Å². The van der Waals surface area contributed by atoms with E-state index < -0.39 is 5.91 Å². The van der Waals surface area contributed by atoms with E-state index in [1.54, 1.807) is 24.3 Å². The van der Waals surface area contributed by atoms with Crippen molar-refractivity contribution < 1.29 is 9.53 Å². The van der Waals surface area contributed by atoms with E-state index >= 15 is 0 Å². The molecule has 5 nitrogen and oxygen atoms in total. The van der Waals surface area contributed by atoms with Crippen molar-refractivity contribution in [1.82, 2.24) is 0 Å². The standard InChI is InChI=1S/C19H19N3O2/c1-3-24-18-10-8-17(9-11-18)22-19(23)15(12-20)13-21-16-6-4-14(2)5-7-16/h4-11,13,21H,3H2,1-2H3,(H,22,23)/b15-13-. The van der Waals surface area contributed by atoms with Gasteiger partial charge in [-0.1, -0.05) is 17.7 Å². The van der Waals surface area contributed by atoms with Gasteiger partial charge in [0.2, 0.25) is 0 Å². The summed E-state index contributed by atoms with van der Waals surface area (Å²) >= 11 is 0. The van der Waals surface area contributed by atoms with Crippen molar-refractivity contribution in [2.45, 2.75) is 13.8 Å². The zero-order chi connectivity index (χ0) is 17.4. The average Bonchev–Trinajstić information content (AvgIpc) is 2.59. The number of aryl methyl sites for hydroxylation is 1. The highest BCUT2D eigenvalue weighted by molar-refractivity contribution is 6.06. The molecule has 0 saturated carbocycles. The number of rotatable bonds is 6. The van der Waals surface area contributed by atoms with Gasteiger partial charge in [0.1, 0.15) is 17.4 Å². The average molecular weight is 321 g/mol. The van der Waals surface area contributed by atoms with E-state index in [0.29, 0.717) is 12.3 Å². The lowest BCUT2D eigenvalue weighted by Gasteiger charge is -2.07. The molecule has 0 aromatic heterocycles. The van der Waals surface area contributed by atoms with Crippen LogP contribution in [0, 0.1) is 18.3 Å². The van der Waals surface area contributed by atoms with Gasteiger partial charge in [-0.05, 0) is 50.2 Å². The smallest absolute Gasteiger partial charge is 0.267 e. The summed E-state index contributed by atoms with van der Waals surface area (Å²) < 4.78 is 5.34. The third-order valence-electron chi connectivity index (χ3n) is 3.22. The van der Waals surface area contributed by atoms with Crippen molar-refractivity contribution in [2.24, 2.45) is 0 Å². The number of nitrogens with one attached hydrogen (secondary N) is 2. The summed E-state index contributed by atoms with van der Waals surface area (Å²) in [5, 5.41) is 14.8. The van der Waals surface area contributed by atoms with E-state index in [-0.39, 0.29) is 5.57 Å². The van der Waals surface area contributed by atoms with Crippen LogP contribution in [0.5, 0.6) is 5.75 Å². The third-order valence-corrected chi connectivity index (χ3v) is 3.22. The second kappa shape index (κ2) is 8.39. The molecule has 122 valence electrons. The van der Waals surface area contributed by atoms with Gasteiger partial charge in [-0.15, -0.1) is 0 Å². The summed E-state index contributed by atoms with van der Waals surface area (Å²) in [5.74, 6) is 0.258. The lowest BCUT2D eigenvalue weighted by atomic mass is 10.2. The van der Waals surface area contributed by atoms with Crippen LogP contribution in [-0.2, 0) is 4.79 Å². The quantitative estimate of drug-likeness (QED) is 0.626. The fourth-order valence-corrected chi connectivity index (χ4v) is 1.95. The van der Waals surface area contributed by atoms with Gasteiger partial charge in [0, 0.05) is 17.6 Å². The van der Waals surface area contributed by atoms with Crippen molar-refractivity contribution in [3.05, 3.63) is 65.9 Å². The molecule has 24 heavy (non-hydrogen) atoms. The first-order valence-corrected chi connectivity index (χ1v) is 7.60. The molecule has 0 aliphatic carbocycles. The highest BCUT2D eigenvalue weighted by Gasteiger charge is 2.09. The summed E-state index contributed by atoms with van der Waals surface area (Å²) in [5.41, 5.74) is 2.53. The Morgan fingerprint density at radius 2 is 1.75 bits per heavy atom.